The number of rotatable bonds is 5. The van der Waals surface area contributed by atoms with Crippen molar-refractivity contribution >= 4 is 22.7 Å². The van der Waals surface area contributed by atoms with Gasteiger partial charge in [-0.25, -0.2) is 4.79 Å². The Hall–Kier alpha value is -2.86. The molecule has 0 saturated carbocycles. The molecule has 2 aromatic heterocycles. The molecule has 29 heavy (non-hydrogen) atoms. The molecule has 0 aliphatic heterocycles. The van der Waals surface area contributed by atoms with E-state index < -0.39 is 0 Å². The molecule has 148 valence electrons. The highest BCUT2D eigenvalue weighted by Crippen LogP contribution is 2.30. The van der Waals surface area contributed by atoms with E-state index in [4.69, 9.17) is 4.42 Å². The molecule has 0 N–H and O–H groups in total. The predicted molar refractivity (Wildman–Crippen MR) is 117 cm³/mol. The quantitative estimate of drug-likeness (QED) is 0.328. The van der Waals surface area contributed by atoms with Gasteiger partial charge in [-0.05, 0) is 60.2 Å². The first-order valence-corrected chi connectivity index (χ1v) is 10.6. The average Bonchev–Trinajstić information content (AvgIpc) is 3.13. The second-order valence-electron chi connectivity index (χ2n) is 7.51. The highest BCUT2D eigenvalue weighted by molar-refractivity contribution is 7.98. The van der Waals surface area contributed by atoms with Gasteiger partial charge in [0.2, 0.25) is 0 Å². The first-order valence-electron chi connectivity index (χ1n) is 9.60. The van der Waals surface area contributed by atoms with E-state index in [0.29, 0.717) is 17.3 Å². The summed E-state index contributed by atoms with van der Waals surface area (Å²) in [5, 5.41) is 10.1. The lowest BCUT2D eigenvalue weighted by Gasteiger charge is -2.13. The van der Waals surface area contributed by atoms with Crippen LogP contribution in [0, 0.1) is 13.8 Å². The molecule has 2 aromatic carbocycles. The van der Waals surface area contributed by atoms with Crippen molar-refractivity contribution in [1.82, 2.24) is 14.8 Å². The fourth-order valence-electron chi connectivity index (χ4n) is 3.60. The smallest absolute Gasteiger partial charge is 0.336 e. The molecule has 0 radical (unpaired) electrons. The Bertz CT molecular complexity index is 1240. The average molecular weight is 406 g/mol. The molecule has 0 aliphatic carbocycles. The topological polar surface area (TPSA) is 60.9 Å². The molecular formula is C23H23N3O2S. The van der Waals surface area contributed by atoms with E-state index in [2.05, 4.69) is 50.0 Å². The summed E-state index contributed by atoms with van der Waals surface area (Å²) in [7, 11) is 0. The van der Waals surface area contributed by atoms with Gasteiger partial charge in [0.15, 0.2) is 5.16 Å². The molecule has 6 heteroatoms. The number of hydrogen-bond acceptors (Lipinski definition) is 5. The van der Waals surface area contributed by atoms with Gasteiger partial charge in [-0.15, -0.1) is 10.2 Å². The van der Waals surface area contributed by atoms with E-state index in [1.807, 2.05) is 28.8 Å². The van der Waals surface area contributed by atoms with Crippen molar-refractivity contribution in [3.8, 4) is 5.69 Å². The number of aromatic nitrogens is 3. The Morgan fingerprint density at radius 2 is 1.90 bits per heavy atom. The van der Waals surface area contributed by atoms with Gasteiger partial charge < -0.3 is 4.42 Å². The van der Waals surface area contributed by atoms with Crippen LogP contribution >= 0.6 is 11.8 Å². The molecule has 4 rings (SSSR count). The maximum atomic E-state index is 12.1. The van der Waals surface area contributed by atoms with Crippen LogP contribution in [0.3, 0.4) is 0 Å². The Morgan fingerprint density at radius 3 is 2.66 bits per heavy atom. The van der Waals surface area contributed by atoms with Crippen molar-refractivity contribution < 1.29 is 4.42 Å². The summed E-state index contributed by atoms with van der Waals surface area (Å²) < 4.78 is 7.45. The molecule has 0 saturated heterocycles. The lowest BCUT2D eigenvalue weighted by Crippen LogP contribution is -2.03. The minimum Gasteiger partial charge on any atom is -0.423 e. The van der Waals surface area contributed by atoms with E-state index >= 15 is 0 Å². The molecule has 0 bridgehead atoms. The van der Waals surface area contributed by atoms with Crippen molar-refractivity contribution in [3.05, 3.63) is 81.5 Å². The summed E-state index contributed by atoms with van der Waals surface area (Å²) in [4.78, 5) is 12.1. The number of benzene rings is 2. The van der Waals surface area contributed by atoms with Gasteiger partial charge in [-0.3, -0.25) is 4.57 Å². The molecule has 0 amide bonds. The third-order valence-electron chi connectivity index (χ3n) is 5.09. The number of hydrogen-bond donors (Lipinski definition) is 0. The van der Waals surface area contributed by atoms with E-state index in [1.54, 1.807) is 24.2 Å². The van der Waals surface area contributed by atoms with Crippen molar-refractivity contribution in [3.63, 3.8) is 0 Å². The summed E-state index contributed by atoms with van der Waals surface area (Å²) in [6.45, 7) is 8.47. The second-order valence-corrected chi connectivity index (χ2v) is 8.45. The maximum Gasteiger partial charge on any atom is 0.336 e. The zero-order chi connectivity index (χ0) is 20.5. The van der Waals surface area contributed by atoms with Crippen molar-refractivity contribution in [2.24, 2.45) is 0 Å². The van der Waals surface area contributed by atoms with Gasteiger partial charge in [0.25, 0.3) is 0 Å². The van der Waals surface area contributed by atoms with Gasteiger partial charge in [0, 0.05) is 17.2 Å². The van der Waals surface area contributed by atoms with Crippen molar-refractivity contribution in [2.45, 2.75) is 44.5 Å². The molecule has 5 nitrogen and oxygen atoms in total. The molecule has 2 heterocycles. The van der Waals surface area contributed by atoms with Crippen molar-refractivity contribution in [1.29, 1.82) is 0 Å². The molecule has 0 unspecified atom stereocenters. The summed E-state index contributed by atoms with van der Waals surface area (Å²) in [5.41, 5.74) is 5.86. The minimum atomic E-state index is -0.329. The van der Waals surface area contributed by atoms with Gasteiger partial charge in [0.1, 0.15) is 11.9 Å². The third kappa shape index (κ3) is 3.85. The summed E-state index contributed by atoms with van der Waals surface area (Å²) in [5.74, 6) is 1.00. The van der Waals surface area contributed by atoms with Crippen LogP contribution in [-0.4, -0.2) is 14.8 Å². The van der Waals surface area contributed by atoms with E-state index in [-0.39, 0.29) is 5.63 Å². The highest BCUT2D eigenvalue weighted by atomic mass is 32.2. The van der Waals surface area contributed by atoms with E-state index in [0.717, 1.165) is 32.9 Å². The van der Waals surface area contributed by atoms with Crippen molar-refractivity contribution in [2.75, 3.05) is 0 Å². The summed E-state index contributed by atoms with van der Waals surface area (Å²) in [6.07, 6.45) is 1.72. The van der Waals surface area contributed by atoms with Crippen LogP contribution in [0.2, 0.25) is 0 Å². The van der Waals surface area contributed by atoms with Gasteiger partial charge >= 0.3 is 5.63 Å². The first-order chi connectivity index (χ1) is 13.9. The van der Waals surface area contributed by atoms with Gasteiger partial charge in [-0.2, -0.15) is 0 Å². The minimum absolute atomic E-state index is 0.329. The van der Waals surface area contributed by atoms with Crippen LogP contribution in [0.25, 0.3) is 16.7 Å². The lowest BCUT2D eigenvalue weighted by molar-refractivity contribution is 0.559. The normalized spacial score (nSPS) is 11.5. The van der Waals surface area contributed by atoms with Crippen LogP contribution in [0.4, 0.5) is 0 Å². The maximum absolute atomic E-state index is 12.1. The number of thioether (sulfide) groups is 1. The second kappa shape index (κ2) is 7.87. The van der Waals surface area contributed by atoms with Crippen LogP contribution in [0.1, 0.15) is 42.0 Å². The summed E-state index contributed by atoms with van der Waals surface area (Å²) >= 11 is 1.56. The van der Waals surface area contributed by atoms with Crippen LogP contribution < -0.4 is 5.63 Å². The number of nitrogens with zero attached hydrogens (tertiary/aromatic N) is 3. The number of fused-ring (bicyclic) bond motifs is 1. The standard InChI is InChI=1S/C23H23N3O2S/c1-14(2)18-11-19-17(10-22(27)28-21(19)9-16(18)4)12-29-23-25-24-13-26(23)20-8-6-5-7-15(20)3/h5-11,13-14H,12H2,1-4H3. The lowest BCUT2D eigenvalue weighted by atomic mass is 9.95. The zero-order valence-electron chi connectivity index (χ0n) is 17.0. The highest BCUT2D eigenvalue weighted by Gasteiger charge is 2.14. The molecular weight excluding hydrogens is 382 g/mol. The summed E-state index contributed by atoms with van der Waals surface area (Å²) in [6, 6.07) is 13.8. The van der Waals surface area contributed by atoms with E-state index in [1.165, 1.54) is 5.56 Å². The largest absolute Gasteiger partial charge is 0.423 e. The Labute approximate surface area is 173 Å². The third-order valence-corrected chi connectivity index (χ3v) is 6.08. The molecule has 0 aliphatic rings. The molecule has 0 atom stereocenters. The number of para-hydroxylation sites is 1. The van der Waals surface area contributed by atoms with Crippen LogP contribution in [-0.2, 0) is 5.75 Å². The van der Waals surface area contributed by atoms with Crippen LogP contribution in [0.5, 0.6) is 0 Å². The Morgan fingerprint density at radius 1 is 1.10 bits per heavy atom. The fraction of sp³-hybridized carbons (Fsp3) is 0.261. The Kier molecular flexibility index (Phi) is 5.28. The monoisotopic (exact) mass is 405 g/mol. The zero-order valence-corrected chi connectivity index (χ0v) is 17.8. The molecule has 0 spiro atoms. The van der Waals surface area contributed by atoms with Crippen LogP contribution in [0.15, 0.2) is 63.2 Å². The van der Waals surface area contributed by atoms with E-state index in [9.17, 15) is 4.79 Å². The molecule has 0 fully saturated rings. The predicted octanol–water partition coefficient (Wildman–Crippen LogP) is 5.41. The first kappa shape index (κ1) is 19.5. The molecule has 4 aromatic rings. The fourth-order valence-corrected chi connectivity index (χ4v) is 4.51. The number of aryl methyl sites for hydroxylation is 2. The Balaban J connectivity index is 1.71. The van der Waals surface area contributed by atoms with Gasteiger partial charge in [0.05, 0.1) is 5.69 Å². The van der Waals surface area contributed by atoms with Gasteiger partial charge in [-0.1, -0.05) is 43.8 Å². The SMILES string of the molecule is Cc1cc2oc(=O)cc(CSc3nncn3-c3ccccc3C)c2cc1C(C)C.